The second-order valence-electron chi connectivity index (χ2n) is 6.11. The number of amidine groups is 2. The molecule has 1 amide bonds. The number of methoxy groups -OCH3 is 1. The molecule has 0 aromatic heterocycles. The SMILES string of the molecule is CCS(=O)(=O)C1=NN2C(=N)/C(=C\c3cc(Cl)c(OS(C)(=O)=O)c(OC)c3)C(=O)N=C2S1. The van der Waals surface area contributed by atoms with Gasteiger partial charge in [0.2, 0.25) is 25.1 Å². The molecule has 2 aliphatic heterocycles. The molecular formula is C16H15ClN4O7S3. The van der Waals surface area contributed by atoms with Crippen LogP contribution in [0.4, 0.5) is 0 Å². The molecule has 0 saturated heterocycles. The largest absolute Gasteiger partial charge is 0.493 e. The van der Waals surface area contributed by atoms with Crippen molar-refractivity contribution in [3.8, 4) is 11.5 Å². The van der Waals surface area contributed by atoms with Crippen molar-refractivity contribution in [3.63, 3.8) is 0 Å². The van der Waals surface area contributed by atoms with Crippen LogP contribution in [0.1, 0.15) is 12.5 Å². The molecule has 15 heteroatoms. The molecule has 1 N–H and O–H groups in total. The molecule has 0 fully saturated rings. The van der Waals surface area contributed by atoms with E-state index in [-0.39, 0.29) is 48.8 Å². The van der Waals surface area contributed by atoms with E-state index in [0.717, 1.165) is 11.3 Å². The molecule has 3 rings (SSSR count). The van der Waals surface area contributed by atoms with E-state index in [2.05, 4.69) is 10.1 Å². The number of nitrogens with one attached hydrogen (secondary N) is 1. The molecule has 1 aromatic carbocycles. The fourth-order valence-corrected chi connectivity index (χ4v) is 5.39. The third-order valence-corrected chi connectivity index (χ3v) is 7.72. The number of aliphatic imine (C=N–C) groups is 1. The fourth-order valence-electron chi connectivity index (χ4n) is 2.45. The third kappa shape index (κ3) is 4.76. The standard InChI is InChI=1S/C16H15ClN4O7S3/c1-4-31(25,26)16-20-21-13(18)9(14(22)19-15(21)29-16)5-8-6-10(17)12(11(7-8)27-2)28-30(3,23)24/h5-7,18H,4H2,1-3H3/b9-5+,18-13?. The van der Waals surface area contributed by atoms with Crippen molar-refractivity contribution in [2.45, 2.75) is 6.92 Å². The van der Waals surface area contributed by atoms with E-state index in [9.17, 15) is 21.6 Å². The monoisotopic (exact) mass is 506 g/mol. The van der Waals surface area contributed by atoms with Gasteiger partial charge in [-0.05, 0) is 35.5 Å². The summed E-state index contributed by atoms with van der Waals surface area (Å²) in [5.74, 6) is -1.59. The van der Waals surface area contributed by atoms with Crippen LogP contribution in [0.25, 0.3) is 6.08 Å². The smallest absolute Gasteiger partial charge is 0.306 e. The maximum atomic E-state index is 12.5. The van der Waals surface area contributed by atoms with Crippen molar-refractivity contribution in [2.24, 2.45) is 10.1 Å². The predicted octanol–water partition coefficient (Wildman–Crippen LogP) is 1.70. The third-order valence-electron chi connectivity index (χ3n) is 3.88. The molecule has 1 aromatic rings. The molecule has 0 atom stereocenters. The van der Waals surface area contributed by atoms with Gasteiger partial charge in [0.1, 0.15) is 0 Å². The Bertz CT molecular complexity index is 1300. The maximum Gasteiger partial charge on any atom is 0.306 e. The van der Waals surface area contributed by atoms with Crippen LogP contribution >= 0.6 is 23.4 Å². The Morgan fingerprint density at radius 1 is 1.29 bits per heavy atom. The molecule has 0 saturated carbocycles. The van der Waals surface area contributed by atoms with E-state index >= 15 is 0 Å². The lowest BCUT2D eigenvalue weighted by molar-refractivity contribution is -0.114. The number of fused-ring (bicyclic) bond motifs is 1. The lowest BCUT2D eigenvalue weighted by Gasteiger charge is -2.20. The van der Waals surface area contributed by atoms with Crippen molar-refractivity contribution in [3.05, 3.63) is 28.3 Å². The van der Waals surface area contributed by atoms with Crippen LogP contribution in [0.5, 0.6) is 11.5 Å². The zero-order valence-corrected chi connectivity index (χ0v) is 19.4. The van der Waals surface area contributed by atoms with Gasteiger partial charge < -0.3 is 8.92 Å². The number of thioether (sulfide) groups is 1. The topological polar surface area (TPSA) is 156 Å². The highest BCUT2D eigenvalue weighted by molar-refractivity contribution is 8.42. The van der Waals surface area contributed by atoms with Crippen LogP contribution in [0.2, 0.25) is 5.02 Å². The van der Waals surface area contributed by atoms with Crippen molar-refractivity contribution in [2.75, 3.05) is 19.1 Å². The molecule has 2 heterocycles. The van der Waals surface area contributed by atoms with Crippen molar-refractivity contribution in [1.29, 1.82) is 5.41 Å². The van der Waals surface area contributed by atoms with E-state index in [1.165, 1.54) is 32.2 Å². The number of hydrogen-bond donors (Lipinski definition) is 1. The first-order valence-corrected chi connectivity index (χ1v) is 13.0. The van der Waals surface area contributed by atoms with Gasteiger partial charge in [0, 0.05) is 0 Å². The van der Waals surface area contributed by atoms with E-state index in [4.69, 9.17) is 25.9 Å². The number of ether oxygens (including phenoxy) is 1. The minimum atomic E-state index is -3.88. The van der Waals surface area contributed by atoms with Crippen LogP contribution in [-0.4, -0.2) is 62.2 Å². The Labute approximate surface area is 187 Å². The maximum absolute atomic E-state index is 12.5. The summed E-state index contributed by atoms with van der Waals surface area (Å²) in [6.07, 6.45) is 2.12. The number of amides is 1. The van der Waals surface area contributed by atoms with Crippen molar-refractivity contribution < 1.29 is 30.6 Å². The first-order valence-electron chi connectivity index (χ1n) is 8.36. The molecule has 0 aliphatic carbocycles. The van der Waals surface area contributed by atoms with E-state index < -0.39 is 25.9 Å². The predicted molar refractivity (Wildman–Crippen MR) is 118 cm³/mol. The van der Waals surface area contributed by atoms with E-state index in [1.54, 1.807) is 0 Å². The van der Waals surface area contributed by atoms with Crippen LogP contribution < -0.4 is 8.92 Å². The van der Waals surface area contributed by atoms with Gasteiger partial charge in [-0.2, -0.15) is 18.4 Å². The Morgan fingerprint density at radius 2 is 1.97 bits per heavy atom. The number of halogens is 1. The zero-order valence-electron chi connectivity index (χ0n) is 16.2. The molecule has 166 valence electrons. The molecule has 2 aliphatic rings. The lowest BCUT2D eigenvalue weighted by Crippen LogP contribution is -2.35. The second kappa shape index (κ2) is 8.26. The zero-order chi connectivity index (χ0) is 23.1. The van der Waals surface area contributed by atoms with Crippen LogP contribution in [0.15, 0.2) is 27.8 Å². The van der Waals surface area contributed by atoms with Crippen LogP contribution in [0.3, 0.4) is 0 Å². The average molecular weight is 507 g/mol. The minimum Gasteiger partial charge on any atom is -0.493 e. The summed E-state index contributed by atoms with van der Waals surface area (Å²) in [4.78, 5) is 16.3. The molecule has 0 unspecified atom stereocenters. The number of hydrazone groups is 1. The summed E-state index contributed by atoms with van der Waals surface area (Å²) >= 11 is 6.81. The number of nitrogens with zero attached hydrogens (tertiary/aromatic N) is 3. The Morgan fingerprint density at radius 3 is 2.55 bits per heavy atom. The summed E-state index contributed by atoms with van der Waals surface area (Å²) in [5.41, 5.74) is 0.102. The lowest BCUT2D eigenvalue weighted by atomic mass is 10.1. The highest BCUT2D eigenvalue weighted by atomic mass is 35.5. The van der Waals surface area contributed by atoms with Crippen molar-refractivity contribution >= 4 is 70.7 Å². The first-order chi connectivity index (χ1) is 14.4. The highest BCUT2D eigenvalue weighted by Gasteiger charge is 2.39. The number of benzene rings is 1. The number of carbonyl (C=O) groups is 1. The summed E-state index contributed by atoms with van der Waals surface area (Å²) in [6, 6.07) is 2.67. The quantitative estimate of drug-likeness (QED) is 0.463. The fraction of sp³-hybridized carbons (Fsp3) is 0.250. The average Bonchev–Trinajstić information content (AvgIpc) is 3.11. The number of carbonyl (C=O) groups excluding carboxylic acids is 1. The Kier molecular flexibility index (Phi) is 6.19. The Hall–Kier alpha value is -2.42. The van der Waals surface area contributed by atoms with E-state index in [0.29, 0.717) is 11.8 Å². The van der Waals surface area contributed by atoms with E-state index in [1.807, 2.05) is 0 Å². The van der Waals surface area contributed by atoms with Gasteiger partial charge in [-0.25, -0.2) is 8.42 Å². The summed E-state index contributed by atoms with van der Waals surface area (Å²) in [7, 11) is -6.25. The Balaban J connectivity index is 2.03. The van der Waals surface area contributed by atoms with Gasteiger partial charge in [-0.3, -0.25) is 10.2 Å². The van der Waals surface area contributed by atoms with Gasteiger partial charge in [-0.1, -0.05) is 18.5 Å². The van der Waals surface area contributed by atoms with Crippen molar-refractivity contribution in [1.82, 2.24) is 5.01 Å². The number of rotatable bonds is 5. The summed E-state index contributed by atoms with van der Waals surface area (Å²) in [5, 5.41) is 13.0. The molecule has 31 heavy (non-hydrogen) atoms. The van der Waals surface area contributed by atoms with Crippen LogP contribution in [-0.2, 0) is 24.7 Å². The second-order valence-corrected chi connectivity index (χ2v) is 11.5. The summed E-state index contributed by atoms with van der Waals surface area (Å²) < 4.78 is 56.7. The molecule has 11 nitrogen and oxygen atoms in total. The van der Waals surface area contributed by atoms with Gasteiger partial charge >= 0.3 is 10.1 Å². The molecule has 0 radical (unpaired) electrons. The first kappa shape index (κ1) is 23.2. The minimum absolute atomic E-state index is 0.0187. The van der Waals surface area contributed by atoms with Gasteiger partial charge in [0.15, 0.2) is 11.6 Å². The van der Waals surface area contributed by atoms with Gasteiger partial charge in [-0.15, -0.1) is 5.10 Å². The van der Waals surface area contributed by atoms with Gasteiger partial charge in [0.25, 0.3) is 5.91 Å². The van der Waals surface area contributed by atoms with Gasteiger partial charge in [0.05, 0.1) is 29.7 Å². The summed E-state index contributed by atoms with van der Waals surface area (Å²) in [6.45, 7) is 1.45. The number of sulfone groups is 1. The normalized spacial score (nSPS) is 18.1. The molecule has 0 spiro atoms. The highest BCUT2D eigenvalue weighted by Crippen LogP contribution is 2.38. The van der Waals surface area contributed by atoms with Crippen LogP contribution in [0, 0.1) is 5.41 Å². The molecular weight excluding hydrogens is 492 g/mol. The number of hydrogen-bond acceptors (Lipinski definition) is 10. The molecule has 0 bridgehead atoms.